The molecule has 0 rings (SSSR count). The largest absolute Gasteiger partial charge is 0.380 e. The molecule has 0 saturated carbocycles. The summed E-state index contributed by atoms with van der Waals surface area (Å²) in [6, 6.07) is 0. The lowest BCUT2D eigenvalue weighted by Crippen LogP contribution is -2.28. The second-order valence-corrected chi connectivity index (χ2v) is 8.17. The van der Waals surface area contributed by atoms with Crippen LogP contribution in [0.4, 0.5) is 0 Å². The molecule has 1 N–H and O–H groups in total. The molecule has 14 heavy (non-hydrogen) atoms. The van der Waals surface area contributed by atoms with E-state index in [9.17, 15) is 9.67 Å². The lowest BCUT2D eigenvalue weighted by atomic mass is 10.2. The minimum atomic E-state index is -2.97. The average molecular weight is 222 g/mol. The van der Waals surface area contributed by atoms with Crippen molar-refractivity contribution in [2.24, 2.45) is 0 Å². The quantitative estimate of drug-likeness (QED) is 0.743. The van der Waals surface area contributed by atoms with Gasteiger partial charge < -0.3 is 9.63 Å². The lowest BCUT2D eigenvalue weighted by Gasteiger charge is -2.34. The molecule has 0 bridgehead atoms. The maximum absolute atomic E-state index is 12.4. The molecule has 0 aliphatic heterocycles. The van der Waals surface area contributed by atoms with E-state index in [1.165, 1.54) is 0 Å². The van der Waals surface area contributed by atoms with Gasteiger partial charge in [0.15, 0.2) is 0 Å². The smallest absolute Gasteiger partial charge is 0.233 e. The highest BCUT2D eigenvalue weighted by Crippen LogP contribution is 2.60. The molecule has 0 heterocycles. The SMILES string of the molecule is CCCP(=O)(OC(C)(C)C)C(C)(C)O. The molecule has 0 saturated heterocycles. The van der Waals surface area contributed by atoms with Crippen LogP contribution in [0.15, 0.2) is 0 Å². The Hall–Kier alpha value is 0.150. The lowest BCUT2D eigenvalue weighted by molar-refractivity contribution is 0.0839. The highest BCUT2D eigenvalue weighted by Gasteiger charge is 2.41. The molecule has 0 aliphatic rings. The first-order valence-corrected chi connectivity index (χ1v) is 6.85. The first kappa shape index (κ1) is 14.2. The van der Waals surface area contributed by atoms with Gasteiger partial charge in [-0.1, -0.05) is 6.92 Å². The minimum Gasteiger partial charge on any atom is -0.380 e. The normalized spacial score (nSPS) is 17.9. The second kappa shape index (κ2) is 4.34. The molecule has 0 fully saturated rings. The third-order valence-corrected chi connectivity index (χ3v) is 5.32. The Kier molecular flexibility index (Phi) is 4.39. The molecular formula is C10H23O3P. The molecule has 0 amide bonds. The van der Waals surface area contributed by atoms with Crippen LogP contribution >= 0.6 is 7.37 Å². The number of aliphatic hydroxyl groups is 1. The zero-order chi connectivity index (χ0) is 11.6. The molecule has 86 valence electrons. The van der Waals surface area contributed by atoms with Gasteiger partial charge in [0.05, 0.1) is 5.60 Å². The van der Waals surface area contributed by atoms with Crippen LogP contribution in [0, 0.1) is 0 Å². The van der Waals surface area contributed by atoms with Gasteiger partial charge in [0.1, 0.15) is 5.34 Å². The summed E-state index contributed by atoms with van der Waals surface area (Å²) in [5, 5.41) is 8.59. The zero-order valence-corrected chi connectivity index (χ0v) is 11.0. The fraction of sp³-hybridized carbons (Fsp3) is 1.00. The van der Waals surface area contributed by atoms with Gasteiger partial charge in [-0.05, 0) is 41.0 Å². The van der Waals surface area contributed by atoms with Crippen LogP contribution in [0.3, 0.4) is 0 Å². The van der Waals surface area contributed by atoms with Gasteiger partial charge in [0, 0.05) is 6.16 Å². The van der Waals surface area contributed by atoms with Gasteiger partial charge in [-0.2, -0.15) is 0 Å². The molecule has 0 aromatic carbocycles. The summed E-state index contributed by atoms with van der Waals surface area (Å²) >= 11 is 0. The molecule has 0 aliphatic carbocycles. The average Bonchev–Trinajstić information content (AvgIpc) is 1.79. The van der Waals surface area contributed by atoms with Crippen LogP contribution in [0.2, 0.25) is 0 Å². The molecule has 0 aromatic heterocycles. The van der Waals surface area contributed by atoms with Gasteiger partial charge in [0.2, 0.25) is 7.37 Å². The molecule has 4 heteroatoms. The fourth-order valence-electron chi connectivity index (χ4n) is 1.17. The summed E-state index contributed by atoms with van der Waals surface area (Å²) in [6.45, 7) is 10.6. The van der Waals surface area contributed by atoms with E-state index >= 15 is 0 Å². The van der Waals surface area contributed by atoms with Crippen LogP contribution < -0.4 is 0 Å². The van der Waals surface area contributed by atoms with Crippen molar-refractivity contribution in [2.75, 3.05) is 6.16 Å². The Balaban J connectivity index is 4.85. The Morgan fingerprint density at radius 2 is 1.64 bits per heavy atom. The van der Waals surface area contributed by atoms with Crippen molar-refractivity contribution < 1.29 is 14.2 Å². The minimum absolute atomic E-state index is 0.424. The summed E-state index contributed by atoms with van der Waals surface area (Å²) in [5.74, 6) is 0. The topological polar surface area (TPSA) is 46.5 Å². The number of hydrogen-bond donors (Lipinski definition) is 1. The predicted octanol–water partition coefficient (Wildman–Crippen LogP) is 3.22. The fourth-order valence-corrected chi connectivity index (χ4v) is 3.50. The maximum atomic E-state index is 12.4. The van der Waals surface area contributed by atoms with E-state index < -0.39 is 18.3 Å². The Morgan fingerprint density at radius 3 is 1.86 bits per heavy atom. The van der Waals surface area contributed by atoms with E-state index in [-0.39, 0.29) is 0 Å². The highest BCUT2D eigenvalue weighted by atomic mass is 31.2. The van der Waals surface area contributed by atoms with Gasteiger partial charge >= 0.3 is 0 Å². The van der Waals surface area contributed by atoms with E-state index in [0.717, 1.165) is 6.42 Å². The van der Waals surface area contributed by atoms with E-state index in [1.54, 1.807) is 13.8 Å². The van der Waals surface area contributed by atoms with Crippen LogP contribution in [0.1, 0.15) is 48.0 Å². The van der Waals surface area contributed by atoms with Gasteiger partial charge in [-0.3, -0.25) is 4.57 Å². The highest BCUT2D eigenvalue weighted by molar-refractivity contribution is 7.60. The third kappa shape index (κ3) is 4.12. The van der Waals surface area contributed by atoms with Gasteiger partial charge in [-0.15, -0.1) is 0 Å². The van der Waals surface area contributed by atoms with Crippen LogP contribution in [0.5, 0.6) is 0 Å². The van der Waals surface area contributed by atoms with Crippen molar-refractivity contribution in [3.8, 4) is 0 Å². The monoisotopic (exact) mass is 222 g/mol. The molecule has 1 atom stereocenters. The van der Waals surface area contributed by atoms with Crippen molar-refractivity contribution in [3.05, 3.63) is 0 Å². The Labute approximate surface area is 87.3 Å². The summed E-state index contributed by atoms with van der Waals surface area (Å²) in [6.07, 6.45) is 1.17. The molecule has 3 nitrogen and oxygen atoms in total. The molecule has 0 aromatic rings. The van der Waals surface area contributed by atoms with E-state index in [0.29, 0.717) is 6.16 Å². The standard InChI is InChI=1S/C10H23O3P/c1-7-8-14(12,10(5,6)11)13-9(2,3)4/h11H,7-8H2,1-6H3. The zero-order valence-electron chi connectivity index (χ0n) is 10.1. The number of rotatable bonds is 4. The van der Waals surface area contributed by atoms with Crippen molar-refractivity contribution >= 4 is 7.37 Å². The molecule has 0 spiro atoms. The Bertz CT molecular complexity index is 223. The Morgan fingerprint density at radius 1 is 1.21 bits per heavy atom. The van der Waals surface area contributed by atoms with Crippen molar-refractivity contribution in [3.63, 3.8) is 0 Å². The third-order valence-electron chi connectivity index (χ3n) is 1.77. The van der Waals surface area contributed by atoms with E-state index in [1.807, 2.05) is 27.7 Å². The summed E-state index contributed by atoms with van der Waals surface area (Å²) < 4.78 is 17.9. The van der Waals surface area contributed by atoms with Gasteiger partial charge in [0.25, 0.3) is 0 Å². The first-order chi connectivity index (χ1) is 6.02. The molecule has 0 radical (unpaired) electrons. The first-order valence-electron chi connectivity index (χ1n) is 5.04. The van der Waals surface area contributed by atoms with Crippen molar-refractivity contribution in [1.29, 1.82) is 0 Å². The van der Waals surface area contributed by atoms with Gasteiger partial charge in [-0.25, -0.2) is 0 Å². The number of hydrogen-bond acceptors (Lipinski definition) is 3. The van der Waals surface area contributed by atoms with Crippen LogP contribution in [-0.2, 0) is 9.09 Å². The summed E-state index contributed by atoms with van der Waals surface area (Å²) in [4.78, 5) is 0. The predicted molar refractivity (Wildman–Crippen MR) is 59.9 cm³/mol. The molecule has 1 unspecified atom stereocenters. The second-order valence-electron chi connectivity index (χ2n) is 5.10. The summed E-state index contributed by atoms with van der Waals surface area (Å²) in [7, 11) is -2.97. The van der Waals surface area contributed by atoms with Crippen molar-refractivity contribution in [2.45, 2.75) is 58.9 Å². The maximum Gasteiger partial charge on any atom is 0.233 e. The van der Waals surface area contributed by atoms with E-state index in [2.05, 4.69) is 0 Å². The summed E-state index contributed by atoms with van der Waals surface area (Å²) in [5.41, 5.74) is -0.481. The van der Waals surface area contributed by atoms with Crippen LogP contribution in [0.25, 0.3) is 0 Å². The van der Waals surface area contributed by atoms with Crippen LogP contribution in [-0.4, -0.2) is 22.2 Å². The van der Waals surface area contributed by atoms with E-state index in [4.69, 9.17) is 4.52 Å². The molecular weight excluding hydrogens is 199 g/mol. The van der Waals surface area contributed by atoms with Crippen molar-refractivity contribution in [1.82, 2.24) is 0 Å².